The summed E-state index contributed by atoms with van der Waals surface area (Å²) in [6.45, 7) is 1.85. The zero-order chi connectivity index (χ0) is 20.1. The molecule has 1 aromatic carbocycles. The van der Waals surface area contributed by atoms with E-state index in [2.05, 4.69) is 25.7 Å². The number of fused-ring (bicyclic) bond motifs is 2. The zero-order valence-electron chi connectivity index (χ0n) is 15.9. The molecule has 0 aliphatic carbocycles. The Morgan fingerprint density at radius 2 is 2.17 bits per heavy atom. The van der Waals surface area contributed by atoms with Crippen molar-refractivity contribution in [1.82, 2.24) is 30.5 Å². The number of phenolic OH excluding ortho intramolecular Hbond substituents is 1. The molecule has 0 radical (unpaired) electrons. The normalized spacial score (nSPS) is 25.5. The molecule has 2 aliphatic heterocycles. The van der Waals surface area contributed by atoms with E-state index in [1.165, 1.54) is 16.1 Å². The number of alkyl halides is 1. The Morgan fingerprint density at radius 3 is 2.93 bits per heavy atom. The fourth-order valence-corrected chi connectivity index (χ4v) is 4.75. The van der Waals surface area contributed by atoms with Crippen LogP contribution in [-0.4, -0.2) is 61.6 Å². The van der Waals surface area contributed by atoms with Crippen LogP contribution >= 0.6 is 11.3 Å². The molecule has 4 atom stereocenters. The van der Waals surface area contributed by atoms with Gasteiger partial charge in [0.25, 0.3) is 0 Å². The summed E-state index contributed by atoms with van der Waals surface area (Å²) in [6, 6.07) is 4.85. The van der Waals surface area contributed by atoms with E-state index < -0.39 is 6.17 Å². The van der Waals surface area contributed by atoms with E-state index in [1.807, 2.05) is 37.1 Å². The lowest BCUT2D eigenvalue weighted by molar-refractivity contribution is 0.187. The Hall–Kier alpha value is -2.85. The topological polar surface area (TPSA) is 92.0 Å². The zero-order valence-corrected chi connectivity index (χ0v) is 16.7. The first-order valence-electron chi connectivity index (χ1n) is 9.37. The SMILES string of the molecule is Cc1cnn(-c2ccc(-c3nnc(N(C)[C@H]4CC5C=CC(N5)[C@@H]4F)s3)c(O)c2)n1. The molecule has 29 heavy (non-hydrogen) atoms. The lowest BCUT2D eigenvalue weighted by atomic mass is 9.96. The van der Waals surface area contributed by atoms with Gasteiger partial charge in [-0.25, -0.2) is 4.39 Å². The van der Waals surface area contributed by atoms with Gasteiger partial charge in [-0.3, -0.25) is 0 Å². The second kappa shape index (κ2) is 6.89. The van der Waals surface area contributed by atoms with Crippen molar-refractivity contribution in [2.45, 2.75) is 37.6 Å². The lowest BCUT2D eigenvalue weighted by Crippen LogP contribution is -2.56. The second-order valence-electron chi connectivity index (χ2n) is 7.41. The van der Waals surface area contributed by atoms with Crippen molar-refractivity contribution in [2.24, 2.45) is 0 Å². The van der Waals surface area contributed by atoms with E-state index in [1.54, 1.807) is 18.3 Å². The summed E-state index contributed by atoms with van der Waals surface area (Å²) in [5.74, 6) is 0.0651. The first-order valence-corrected chi connectivity index (χ1v) is 10.2. The van der Waals surface area contributed by atoms with Gasteiger partial charge in [0.1, 0.15) is 11.9 Å². The number of halogens is 1. The number of benzene rings is 1. The van der Waals surface area contributed by atoms with Crippen LogP contribution in [0.3, 0.4) is 0 Å². The molecule has 2 unspecified atom stereocenters. The average molecular weight is 413 g/mol. The minimum Gasteiger partial charge on any atom is -0.507 e. The van der Waals surface area contributed by atoms with Crippen LogP contribution in [0.5, 0.6) is 5.75 Å². The third kappa shape index (κ3) is 3.18. The number of nitrogens with one attached hydrogen (secondary N) is 1. The van der Waals surface area contributed by atoms with Crippen molar-refractivity contribution in [1.29, 1.82) is 0 Å². The predicted molar refractivity (Wildman–Crippen MR) is 108 cm³/mol. The van der Waals surface area contributed by atoms with Crippen molar-refractivity contribution >= 4 is 16.5 Å². The fraction of sp³-hybridized carbons (Fsp3) is 0.368. The highest BCUT2D eigenvalue weighted by molar-refractivity contribution is 7.18. The first kappa shape index (κ1) is 18.2. The van der Waals surface area contributed by atoms with Crippen LogP contribution in [-0.2, 0) is 0 Å². The molecule has 1 fully saturated rings. The van der Waals surface area contributed by atoms with Gasteiger partial charge >= 0.3 is 0 Å². The van der Waals surface area contributed by atoms with Crippen LogP contribution in [0, 0.1) is 6.92 Å². The summed E-state index contributed by atoms with van der Waals surface area (Å²) < 4.78 is 14.8. The molecule has 0 spiro atoms. The highest BCUT2D eigenvalue weighted by Gasteiger charge is 2.41. The Balaban J connectivity index is 1.38. The minimum absolute atomic E-state index is 0.0651. The van der Waals surface area contributed by atoms with Gasteiger partial charge in [-0.2, -0.15) is 15.0 Å². The van der Waals surface area contributed by atoms with Crippen molar-refractivity contribution in [3.8, 4) is 22.0 Å². The molecule has 0 saturated carbocycles. The molecular formula is C19H20FN7OS. The molecule has 2 aliphatic rings. The van der Waals surface area contributed by atoms with Crippen molar-refractivity contribution in [3.63, 3.8) is 0 Å². The van der Waals surface area contributed by atoms with Gasteiger partial charge in [0.2, 0.25) is 5.13 Å². The molecule has 2 N–H and O–H groups in total. The monoisotopic (exact) mass is 413 g/mol. The maximum atomic E-state index is 14.8. The van der Waals surface area contributed by atoms with Crippen LogP contribution in [0.1, 0.15) is 12.1 Å². The smallest absolute Gasteiger partial charge is 0.208 e. The summed E-state index contributed by atoms with van der Waals surface area (Å²) in [6.07, 6.45) is 5.25. The highest BCUT2D eigenvalue weighted by atomic mass is 32.1. The summed E-state index contributed by atoms with van der Waals surface area (Å²) in [5.41, 5.74) is 2.01. The third-order valence-electron chi connectivity index (χ3n) is 5.43. The van der Waals surface area contributed by atoms with E-state index in [0.29, 0.717) is 27.8 Å². The standard InChI is InChI=1S/C19H20FN7OS/c1-10-9-21-27(25-10)12-4-5-13(16(28)8-12)18-23-24-19(29-18)26(2)15-7-11-3-6-14(22-11)17(15)20/h3-6,8-9,11,14-15,17,22,28H,7H2,1-2H3/t11?,14?,15-,17-/m0/s1. The highest BCUT2D eigenvalue weighted by Crippen LogP contribution is 2.37. The molecule has 2 bridgehead atoms. The van der Waals surface area contributed by atoms with Gasteiger partial charge in [-0.15, -0.1) is 10.2 Å². The van der Waals surface area contributed by atoms with Crippen LogP contribution in [0.2, 0.25) is 0 Å². The maximum Gasteiger partial charge on any atom is 0.208 e. The Kier molecular flexibility index (Phi) is 4.32. The predicted octanol–water partition coefficient (Wildman–Crippen LogP) is 2.24. The van der Waals surface area contributed by atoms with Crippen LogP contribution in [0.25, 0.3) is 16.3 Å². The van der Waals surface area contributed by atoms with Crippen molar-refractivity contribution in [2.75, 3.05) is 11.9 Å². The lowest BCUT2D eigenvalue weighted by Gasteiger charge is -2.38. The molecule has 0 amide bonds. The van der Waals surface area contributed by atoms with Gasteiger partial charge in [0, 0.05) is 19.2 Å². The molecular weight excluding hydrogens is 393 g/mol. The average Bonchev–Trinajstić information content (AvgIpc) is 3.44. The molecule has 10 heteroatoms. The summed E-state index contributed by atoms with van der Waals surface area (Å²) in [4.78, 5) is 3.32. The summed E-state index contributed by atoms with van der Waals surface area (Å²) >= 11 is 1.33. The van der Waals surface area contributed by atoms with Crippen molar-refractivity contribution in [3.05, 3.63) is 42.2 Å². The second-order valence-corrected chi connectivity index (χ2v) is 8.36. The number of rotatable bonds is 4. The molecule has 1 saturated heterocycles. The quantitative estimate of drug-likeness (QED) is 0.634. The largest absolute Gasteiger partial charge is 0.507 e. The third-order valence-corrected chi connectivity index (χ3v) is 6.47. The number of anilines is 1. The number of hydrogen-bond donors (Lipinski definition) is 2. The van der Waals surface area contributed by atoms with Crippen LogP contribution < -0.4 is 10.2 Å². The number of aryl methyl sites for hydroxylation is 1. The first-order chi connectivity index (χ1) is 14.0. The fourth-order valence-electron chi connectivity index (χ4n) is 3.86. The van der Waals surface area contributed by atoms with Crippen LogP contribution in [0.4, 0.5) is 9.52 Å². The van der Waals surface area contributed by atoms with Crippen LogP contribution in [0.15, 0.2) is 36.5 Å². The van der Waals surface area contributed by atoms with E-state index >= 15 is 0 Å². The Morgan fingerprint density at radius 1 is 1.31 bits per heavy atom. The molecule has 150 valence electrons. The van der Waals surface area contributed by atoms with Gasteiger partial charge in [0.15, 0.2) is 5.01 Å². The molecule has 5 rings (SSSR count). The summed E-state index contributed by atoms with van der Waals surface area (Å²) in [5, 5.41) is 31.8. The molecule has 2 aromatic heterocycles. The van der Waals surface area contributed by atoms with Gasteiger partial charge in [-0.05, 0) is 25.5 Å². The molecule has 3 aromatic rings. The van der Waals surface area contributed by atoms with E-state index in [9.17, 15) is 9.50 Å². The molecule has 4 heterocycles. The van der Waals surface area contributed by atoms with E-state index in [-0.39, 0.29) is 23.9 Å². The number of aromatic nitrogens is 5. The minimum atomic E-state index is -1.01. The number of nitrogens with zero attached hydrogens (tertiary/aromatic N) is 6. The van der Waals surface area contributed by atoms with Gasteiger partial charge < -0.3 is 15.3 Å². The number of phenols is 1. The maximum absolute atomic E-state index is 14.8. The Bertz CT molecular complexity index is 1080. The number of piperidine rings is 1. The van der Waals surface area contributed by atoms with E-state index in [4.69, 9.17) is 0 Å². The van der Waals surface area contributed by atoms with E-state index in [0.717, 1.165) is 5.69 Å². The molecule has 8 nitrogen and oxygen atoms in total. The Labute approximate surface area is 170 Å². The number of aromatic hydroxyl groups is 1. The van der Waals surface area contributed by atoms with Crippen molar-refractivity contribution < 1.29 is 9.50 Å². The number of hydrogen-bond acceptors (Lipinski definition) is 8. The summed E-state index contributed by atoms with van der Waals surface area (Å²) in [7, 11) is 1.85. The van der Waals surface area contributed by atoms with Gasteiger partial charge in [-0.1, -0.05) is 23.5 Å². The van der Waals surface area contributed by atoms with Gasteiger partial charge in [0.05, 0.1) is 35.2 Å².